The van der Waals surface area contributed by atoms with E-state index in [-0.39, 0.29) is 10.5 Å². The average Bonchev–Trinajstić information content (AvgIpc) is 3.32. The van der Waals surface area contributed by atoms with E-state index in [1.807, 2.05) is 29.1 Å². The van der Waals surface area contributed by atoms with Crippen LogP contribution in [-0.2, 0) is 19.4 Å². The smallest absolute Gasteiger partial charge is 0.330 e. The van der Waals surface area contributed by atoms with E-state index in [0.29, 0.717) is 31.5 Å². The molecule has 0 amide bonds. The fourth-order valence-electron chi connectivity index (χ4n) is 5.37. The van der Waals surface area contributed by atoms with Gasteiger partial charge in [-0.15, -0.1) is 0 Å². The summed E-state index contributed by atoms with van der Waals surface area (Å²) in [5.41, 5.74) is 2.97. The molecule has 2 aliphatic rings. The molecule has 5 rings (SSSR count). The third kappa shape index (κ3) is 7.71. The first-order valence-corrected chi connectivity index (χ1v) is 18.7. The number of carbonyl (C=O) groups excluding carboxylic acids is 1. The minimum atomic E-state index is -2.00. The third-order valence-corrected chi connectivity index (χ3v) is 13.7. The number of benzene rings is 1. The zero-order valence-electron chi connectivity index (χ0n) is 28.1. The lowest BCUT2D eigenvalue weighted by atomic mass is 9.85. The lowest BCUT2D eigenvalue weighted by molar-refractivity contribution is 0.0322. The molecule has 0 saturated carbocycles. The lowest BCUT2D eigenvalue weighted by Crippen LogP contribution is -2.46. The average molecular weight is 646 g/mol. The van der Waals surface area contributed by atoms with Crippen molar-refractivity contribution in [3.63, 3.8) is 0 Å². The molecule has 2 aromatic heterocycles. The van der Waals surface area contributed by atoms with Crippen molar-refractivity contribution < 1.29 is 23.4 Å². The number of hydrogen-bond donors (Lipinski definition) is 1. The van der Waals surface area contributed by atoms with Gasteiger partial charge in [0.15, 0.2) is 8.32 Å². The van der Waals surface area contributed by atoms with Gasteiger partial charge >= 0.3 is 7.41 Å². The highest BCUT2D eigenvalue weighted by atomic mass is 28.4. The van der Waals surface area contributed by atoms with Crippen LogP contribution < -0.4 is 19.6 Å². The molecule has 1 atom stereocenters. The molecule has 1 N–H and O–H groups in total. The molecule has 46 heavy (non-hydrogen) atoms. The van der Waals surface area contributed by atoms with Gasteiger partial charge in [-0.05, 0) is 42.4 Å². The molecule has 1 radical (unpaired) electrons. The highest BCUT2D eigenvalue weighted by molar-refractivity contribution is 6.74. The standard InChI is InChI=1S/C33H46BN6O5Si/c1-32(2,3)46(6,7)45-22-33(4)21-40(34-23-41)30-26(33)18-24(20-36-30)27-10-11-35-31(37-27)38-28-9-8-25(19-29(28)42-5)44-17-14-39-12-15-43-16-13-39/h8-11,18-20,23H,12-17,21-22H2,1-7H3,(H,35,37,38). The monoisotopic (exact) mass is 645 g/mol. The van der Waals surface area contributed by atoms with E-state index in [0.717, 1.165) is 73.1 Å². The molecule has 3 aromatic rings. The fourth-order valence-corrected chi connectivity index (χ4v) is 6.48. The van der Waals surface area contributed by atoms with Gasteiger partial charge in [0, 0.05) is 67.8 Å². The number of hydrogen-bond acceptors (Lipinski definition) is 11. The van der Waals surface area contributed by atoms with E-state index in [1.165, 1.54) is 0 Å². The molecule has 0 spiro atoms. The highest BCUT2D eigenvalue weighted by Crippen LogP contribution is 2.43. The molecular weight excluding hydrogens is 599 g/mol. The van der Waals surface area contributed by atoms with Gasteiger partial charge < -0.3 is 33.6 Å². The predicted octanol–water partition coefficient (Wildman–Crippen LogP) is 4.91. The summed E-state index contributed by atoms with van der Waals surface area (Å²) in [6.45, 7) is 19.4. The summed E-state index contributed by atoms with van der Waals surface area (Å²) in [7, 11) is 1.17. The van der Waals surface area contributed by atoms with Gasteiger partial charge in [-0.25, -0.2) is 15.0 Å². The molecule has 0 bridgehead atoms. The number of aromatic nitrogens is 3. The number of rotatable bonds is 13. The van der Waals surface area contributed by atoms with Crippen molar-refractivity contribution in [3.05, 3.63) is 48.3 Å². The summed E-state index contributed by atoms with van der Waals surface area (Å²) in [5, 5.41) is 3.39. The first-order chi connectivity index (χ1) is 21.9. The summed E-state index contributed by atoms with van der Waals surface area (Å²) in [6, 6.07) is 9.66. The van der Waals surface area contributed by atoms with Crippen molar-refractivity contribution in [2.75, 3.05) is 69.8 Å². The molecule has 1 fully saturated rings. The van der Waals surface area contributed by atoms with Crippen LogP contribution in [0.4, 0.5) is 17.5 Å². The summed E-state index contributed by atoms with van der Waals surface area (Å²) in [5.74, 6) is 2.55. The Morgan fingerprint density at radius 3 is 2.65 bits per heavy atom. The first-order valence-electron chi connectivity index (χ1n) is 15.8. The molecule has 2 aliphatic heterocycles. The van der Waals surface area contributed by atoms with Gasteiger partial charge in [0.05, 0.1) is 31.7 Å². The third-order valence-electron chi connectivity index (χ3n) is 9.26. The number of ether oxygens (including phenoxy) is 3. The Balaban J connectivity index is 1.33. The number of nitrogens with one attached hydrogen (secondary N) is 1. The van der Waals surface area contributed by atoms with Crippen molar-refractivity contribution >= 4 is 39.4 Å². The minimum Gasteiger partial charge on any atom is -0.494 e. The van der Waals surface area contributed by atoms with Crippen LogP contribution in [0.2, 0.25) is 18.1 Å². The van der Waals surface area contributed by atoms with Crippen molar-refractivity contribution in [3.8, 4) is 22.8 Å². The molecule has 4 heterocycles. The van der Waals surface area contributed by atoms with Crippen molar-refractivity contribution in [1.29, 1.82) is 0 Å². The Morgan fingerprint density at radius 1 is 1.15 bits per heavy atom. The number of methoxy groups -OCH3 is 1. The van der Waals surface area contributed by atoms with Gasteiger partial charge in [0.2, 0.25) is 5.95 Å². The Hall–Kier alpha value is -3.52. The number of morpholine rings is 1. The molecule has 11 nitrogen and oxygen atoms in total. The van der Waals surface area contributed by atoms with E-state index < -0.39 is 8.32 Å². The van der Waals surface area contributed by atoms with E-state index >= 15 is 0 Å². The first kappa shape index (κ1) is 33.8. The zero-order valence-corrected chi connectivity index (χ0v) is 29.1. The summed E-state index contributed by atoms with van der Waals surface area (Å²) in [4.78, 5) is 29.8. The van der Waals surface area contributed by atoms with Gasteiger partial charge in [0.25, 0.3) is 0 Å². The second-order valence-electron chi connectivity index (χ2n) is 13.7. The van der Waals surface area contributed by atoms with Crippen LogP contribution in [0.1, 0.15) is 33.3 Å². The number of anilines is 3. The molecule has 0 aliphatic carbocycles. The molecular formula is C33H46BN6O5Si. The maximum absolute atomic E-state index is 11.5. The normalized spacial score (nSPS) is 18.6. The second-order valence-corrected chi connectivity index (χ2v) is 18.5. The summed E-state index contributed by atoms with van der Waals surface area (Å²) >= 11 is 0. The fraction of sp³-hybridized carbons (Fsp3) is 0.515. The van der Waals surface area contributed by atoms with E-state index in [4.69, 9.17) is 28.6 Å². The van der Waals surface area contributed by atoms with Gasteiger partial charge in [-0.2, -0.15) is 0 Å². The molecule has 1 saturated heterocycles. The summed E-state index contributed by atoms with van der Waals surface area (Å²) in [6.07, 6.45) is 4.32. The largest absolute Gasteiger partial charge is 0.494 e. The van der Waals surface area contributed by atoms with Crippen LogP contribution in [-0.4, -0.2) is 101 Å². The molecule has 1 aromatic carbocycles. The van der Waals surface area contributed by atoms with E-state index in [2.05, 4.69) is 62.1 Å². The van der Waals surface area contributed by atoms with Crippen LogP contribution in [0.15, 0.2) is 42.7 Å². The maximum Gasteiger partial charge on any atom is 0.330 e. The van der Waals surface area contributed by atoms with Crippen molar-refractivity contribution in [2.24, 2.45) is 0 Å². The summed E-state index contributed by atoms with van der Waals surface area (Å²) < 4.78 is 23.8. The molecule has 13 heteroatoms. The predicted molar refractivity (Wildman–Crippen MR) is 185 cm³/mol. The number of pyridine rings is 1. The van der Waals surface area contributed by atoms with Gasteiger partial charge in [-0.3, -0.25) is 4.90 Å². The van der Waals surface area contributed by atoms with Crippen LogP contribution in [0.25, 0.3) is 11.3 Å². The van der Waals surface area contributed by atoms with Crippen LogP contribution in [0.3, 0.4) is 0 Å². The molecule has 1 unspecified atom stereocenters. The minimum absolute atomic E-state index is 0.0862. The molecule has 245 valence electrons. The van der Waals surface area contributed by atoms with Crippen LogP contribution in [0.5, 0.6) is 11.5 Å². The second kappa shape index (κ2) is 14.1. The Morgan fingerprint density at radius 2 is 1.93 bits per heavy atom. The van der Waals surface area contributed by atoms with Crippen molar-refractivity contribution in [1.82, 2.24) is 19.9 Å². The maximum atomic E-state index is 11.5. The van der Waals surface area contributed by atoms with Gasteiger partial charge in [-0.1, -0.05) is 27.7 Å². The van der Waals surface area contributed by atoms with E-state index in [9.17, 15) is 4.79 Å². The van der Waals surface area contributed by atoms with Crippen LogP contribution in [0, 0.1) is 0 Å². The van der Waals surface area contributed by atoms with Crippen molar-refractivity contribution in [2.45, 2.75) is 51.2 Å². The lowest BCUT2D eigenvalue weighted by Gasteiger charge is -2.39. The quantitative estimate of drug-likeness (QED) is 0.202. The number of carbonyl (C=O) groups is 1. The topological polar surface area (TPSA) is 111 Å². The highest BCUT2D eigenvalue weighted by Gasteiger charge is 2.44. The number of nitrogens with zero attached hydrogens (tertiary/aromatic N) is 5. The Bertz CT molecular complexity index is 1520. The Kier molecular flexibility index (Phi) is 10.4. The number of fused-ring (bicyclic) bond motifs is 1. The zero-order chi connectivity index (χ0) is 33.0. The SMILES string of the molecule is COc1cc(OCCN2CCOCC2)ccc1Nc1nccc(-c2cnc3c(c2)C(C)(CO[Si](C)(C)C(C)(C)C)CN3[B]C=O)n1. The Labute approximate surface area is 274 Å². The van der Waals surface area contributed by atoms with Gasteiger partial charge in [0.1, 0.15) is 30.1 Å². The van der Waals surface area contributed by atoms with E-state index in [1.54, 1.807) is 26.9 Å². The van der Waals surface area contributed by atoms with Crippen LogP contribution >= 0.6 is 0 Å².